The van der Waals surface area contributed by atoms with Crippen molar-refractivity contribution in [3.8, 4) is 11.5 Å². The van der Waals surface area contributed by atoms with Crippen molar-refractivity contribution in [3.05, 3.63) is 72.8 Å². The molecule has 0 aliphatic carbocycles. The number of rotatable bonds is 3. The van der Waals surface area contributed by atoms with E-state index in [1.54, 1.807) is 12.1 Å². The first kappa shape index (κ1) is 13.8. The number of allylic oxidation sites excluding steroid dienone is 1. The zero-order valence-electron chi connectivity index (χ0n) is 10.5. The Balaban J connectivity index is 0.000000225. The van der Waals surface area contributed by atoms with Crippen molar-refractivity contribution in [2.75, 3.05) is 7.11 Å². The predicted molar refractivity (Wildman–Crippen MR) is 75.0 cm³/mol. The number of hydrogen-bond acceptors (Lipinski definition) is 2. The molecule has 0 radical (unpaired) electrons. The van der Waals surface area contributed by atoms with Crippen LogP contribution in [-0.4, -0.2) is 12.2 Å². The summed E-state index contributed by atoms with van der Waals surface area (Å²) in [6.07, 6.45) is 2.60. The Bertz CT molecular complexity index is 437. The molecule has 0 atom stereocenters. The van der Waals surface area contributed by atoms with Gasteiger partial charge in [0.15, 0.2) is 11.5 Å². The maximum atomic E-state index is 9.25. The molecule has 0 saturated heterocycles. The molecule has 2 aromatic carbocycles. The molecule has 1 N–H and O–H groups in total. The van der Waals surface area contributed by atoms with Crippen LogP contribution in [0.3, 0.4) is 0 Å². The summed E-state index contributed by atoms with van der Waals surface area (Å²) in [6.45, 7) is 3.63. The summed E-state index contributed by atoms with van der Waals surface area (Å²) < 4.78 is 4.95. The quantitative estimate of drug-likeness (QED) is 0.829. The van der Waals surface area contributed by atoms with Gasteiger partial charge in [-0.05, 0) is 24.1 Å². The molecule has 2 nitrogen and oxygen atoms in total. The van der Waals surface area contributed by atoms with E-state index in [2.05, 4.69) is 6.58 Å². The van der Waals surface area contributed by atoms with E-state index in [1.165, 1.54) is 7.11 Å². The molecule has 18 heavy (non-hydrogen) atoms. The summed E-state index contributed by atoms with van der Waals surface area (Å²) in [7, 11) is 1.53. The molecule has 0 heterocycles. The van der Waals surface area contributed by atoms with Gasteiger partial charge in [0.1, 0.15) is 0 Å². The van der Waals surface area contributed by atoms with Gasteiger partial charge < -0.3 is 9.84 Å². The third-order valence-electron chi connectivity index (χ3n) is 2.29. The van der Waals surface area contributed by atoms with E-state index in [4.69, 9.17) is 4.74 Å². The first-order valence-corrected chi connectivity index (χ1v) is 5.74. The Morgan fingerprint density at radius 3 is 2.11 bits per heavy atom. The molecule has 2 heteroatoms. The number of benzene rings is 2. The molecular weight excluding hydrogens is 224 g/mol. The first-order valence-electron chi connectivity index (χ1n) is 5.74. The zero-order valence-corrected chi connectivity index (χ0v) is 10.5. The number of phenols is 1. The van der Waals surface area contributed by atoms with Gasteiger partial charge in [-0.15, -0.1) is 6.58 Å². The average Bonchev–Trinajstić information content (AvgIpc) is 2.44. The minimum Gasteiger partial charge on any atom is -0.504 e. The lowest BCUT2D eigenvalue weighted by molar-refractivity contribution is 0.373. The van der Waals surface area contributed by atoms with E-state index >= 15 is 0 Å². The van der Waals surface area contributed by atoms with Crippen LogP contribution in [0.2, 0.25) is 0 Å². The van der Waals surface area contributed by atoms with Crippen LogP contribution in [0.25, 0.3) is 0 Å². The minimum atomic E-state index is 0.172. The second-order valence-electron chi connectivity index (χ2n) is 3.65. The molecule has 2 rings (SSSR count). The largest absolute Gasteiger partial charge is 0.504 e. The summed E-state index contributed by atoms with van der Waals surface area (Å²) >= 11 is 0. The van der Waals surface area contributed by atoms with Crippen LogP contribution in [0.5, 0.6) is 11.5 Å². The fourth-order valence-corrected chi connectivity index (χ4v) is 1.40. The van der Waals surface area contributed by atoms with Gasteiger partial charge in [0.2, 0.25) is 0 Å². The van der Waals surface area contributed by atoms with Gasteiger partial charge in [0.05, 0.1) is 7.11 Å². The number of aromatic hydroxyl groups is 1. The number of ether oxygens (including phenoxy) is 1. The predicted octanol–water partition coefficient (Wildman–Crippen LogP) is 3.82. The molecule has 0 unspecified atom stereocenters. The molecule has 0 bridgehead atoms. The summed E-state index contributed by atoms with van der Waals surface area (Å²) in [5, 5.41) is 9.25. The van der Waals surface area contributed by atoms with E-state index < -0.39 is 0 Å². The third kappa shape index (κ3) is 4.74. The monoisotopic (exact) mass is 242 g/mol. The van der Waals surface area contributed by atoms with E-state index in [1.807, 2.05) is 48.5 Å². The molecule has 0 aliphatic heterocycles. The van der Waals surface area contributed by atoms with Crippen molar-refractivity contribution < 1.29 is 9.84 Å². The highest BCUT2D eigenvalue weighted by Gasteiger charge is 2.00. The Labute approximate surface area is 108 Å². The van der Waals surface area contributed by atoms with Crippen molar-refractivity contribution >= 4 is 0 Å². The Hall–Kier alpha value is -2.22. The maximum Gasteiger partial charge on any atom is 0.160 e. The minimum absolute atomic E-state index is 0.172. The lowest BCUT2D eigenvalue weighted by Gasteiger charge is -2.04. The van der Waals surface area contributed by atoms with Crippen molar-refractivity contribution in [1.29, 1.82) is 0 Å². The highest BCUT2D eigenvalue weighted by molar-refractivity contribution is 5.42. The SMILES string of the molecule is C=CCc1ccc(O)c(OC)c1.c1ccccc1. The molecule has 0 amide bonds. The average molecular weight is 242 g/mol. The Morgan fingerprint density at radius 2 is 1.67 bits per heavy atom. The van der Waals surface area contributed by atoms with Crippen molar-refractivity contribution in [2.24, 2.45) is 0 Å². The van der Waals surface area contributed by atoms with Crippen LogP contribution < -0.4 is 4.74 Å². The van der Waals surface area contributed by atoms with Gasteiger partial charge in [0, 0.05) is 0 Å². The second-order valence-corrected chi connectivity index (χ2v) is 3.65. The van der Waals surface area contributed by atoms with E-state index in [0.29, 0.717) is 5.75 Å². The lowest BCUT2D eigenvalue weighted by Crippen LogP contribution is -1.86. The maximum absolute atomic E-state index is 9.25. The van der Waals surface area contributed by atoms with E-state index in [9.17, 15) is 5.11 Å². The summed E-state index contributed by atoms with van der Waals surface area (Å²) in [5.74, 6) is 0.680. The number of phenolic OH excluding ortho intramolecular Hbond substituents is 1. The first-order chi connectivity index (χ1) is 8.77. The van der Waals surface area contributed by atoms with Crippen LogP contribution in [-0.2, 0) is 6.42 Å². The lowest BCUT2D eigenvalue weighted by atomic mass is 10.1. The van der Waals surface area contributed by atoms with Crippen LogP contribution in [0.1, 0.15) is 5.56 Å². The smallest absolute Gasteiger partial charge is 0.160 e. The molecule has 0 saturated carbocycles. The summed E-state index contributed by atoms with van der Waals surface area (Å²) in [5.41, 5.74) is 1.08. The molecule has 0 fully saturated rings. The Morgan fingerprint density at radius 1 is 1.11 bits per heavy atom. The molecule has 0 aromatic heterocycles. The Kier molecular flexibility index (Phi) is 6.12. The fourth-order valence-electron chi connectivity index (χ4n) is 1.40. The fraction of sp³-hybridized carbons (Fsp3) is 0.125. The van der Waals surface area contributed by atoms with Crippen LogP contribution in [0.15, 0.2) is 67.3 Å². The van der Waals surface area contributed by atoms with E-state index in [-0.39, 0.29) is 5.75 Å². The van der Waals surface area contributed by atoms with Gasteiger partial charge >= 0.3 is 0 Å². The van der Waals surface area contributed by atoms with Crippen LogP contribution in [0.4, 0.5) is 0 Å². The molecule has 0 aliphatic rings. The van der Waals surface area contributed by atoms with Crippen LogP contribution >= 0.6 is 0 Å². The highest BCUT2D eigenvalue weighted by atomic mass is 16.5. The van der Waals surface area contributed by atoms with Gasteiger partial charge in [-0.25, -0.2) is 0 Å². The van der Waals surface area contributed by atoms with Crippen molar-refractivity contribution in [2.45, 2.75) is 6.42 Å². The number of hydrogen-bond donors (Lipinski definition) is 1. The molecule has 2 aromatic rings. The standard InChI is InChI=1S/C10H12O2.C6H6/c1-3-4-8-5-6-9(11)10(7-8)12-2;1-2-4-6-5-3-1/h3,5-7,11H,1,4H2,2H3;1-6H. The van der Waals surface area contributed by atoms with Crippen molar-refractivity contribution in [1.82, 2.24) is 0 Å². The topological polar surface area (TPSA) is 29.5 Å². The second kappa shape index (κ2) is 7.96. The normalized spacial score (nSPS) is 8.94. The van der Waals surface area contributed by atoms with Crippen LogP contribution in [0, 0.1) is 0 Å². The third-order valence-corrected chi connectivity index (χ3v) is 2.29. The number of methoxy groups -OCH3 is 1. The van der Waals surface area contributed by atoms with Crippen molar-refractivity contribution in [3.63, 3.8) is 0 Å². The summed E-state index contributed by atoms with van der Waals surface area (Å²) in [6, 6.07) is 17.3. The van der Waals surface area contributed by atoms with Gasteiger partial charge in [-0.3, -0.25) is 0 Å². The molecule has 0 spiro atoms. The van der Waals surface area contributed by atoms with E-state index in [0.717, 1.165) is 12.0 Å². The summed E-state index contributed by atoms with van der Waals surface area (Å²) in [4.78, 5) is 0. The molecule has 94 valence electrons. The highest BCUT2D eigenvalue weighted by Crippen LogP contribution is 2.26. The van der Waals surface area contributed by atoms with Gasteiger partial charge in [-0.2, -0.15) is 0 Å². The molecular formula is C16H18O2. The van der Waals surface area contributed by atoms with Gasteiger partial charge in [-0.1, -0.05) is 48.5 Å². The van der Waals surface area contributed by atoms with Gasteiger partial charge in [0.25, 0.3) is 0 Å². The zero-order chi connectivity index (χ0) is 13.2.